The summed E-state index contributed by atoms with van der Waals surface area (Å²) in [5.41, 5.74) is 5.35. The van der Waals surface area contributed by atoms with Gasteiger partial charge >= 0.3 is 0 Å². The Morgan fingerprint density at radius 2 is 2.33 bits per heavy atom. The summed E-state index contributed by atoms with van der Waals surface area (Å²) >= 11 is 0. The zero-order valence-electron chi connectivity index (χ0n) is 6.18. The van der Waals surface area contributed by atoms with Crippen LogP contribution in [-0.4, -0.2) is 32.8 Å². The van der Waals surface area contributed by atoms with E-state index in [0.29, 0.717) is 12.6 Å². The van der Waals surface area contributed by atoms with Crippen LogP contribution in [0.5, 0.6) is 0 Å². The molecule has 0 heterocycles. The van der Waals surface area contributed by atoms with Gasteiger partial charge in [-0.05, 0) is 6.92 Å². The molecule has 0 saturated carbocycles. The zero-order chi connectivity index (χ0) is 7.11. The summed E-state index contributed by atoms with van der Waals surface area (Å²) in [7, 11) is 1.69. The van der Waals surface area contributed by atoms with Gasteiger partial charge in [-0.25, -0.2) is 0 Å². The summed E-state index contributed by atoms with van der Waals surface area (Å²) in [6.07, 6.45) is 0. The molecule has 0 aromatic carbocycles. The van der Waals surface area contributed by atoms with Crippen LogP contribution in [0.3, 0.4) is 0 Å². The number of methoxy groups -OCH3 is 1. The van der Waals surface area contributed by atoms with Crippen LogP contribution < -0.4 is 11.1 Å². The number of rotatable bonds is 5. The summed E-state index contributed by atoms with van der Waals surface area (Å²) in [5, 5.41) is 3.18. The third-order valence-corrected chi connectivity index (χ3v) is 1.15. The highest BCUT2D eigenvalue weighted by Crippen LogP contribution is 1.73. The van der Waals surface area contributed by atoms with E-state index >= 15 is 0 Å². The fourth-order valence-electron chi connectivity index (χ4n) is 0.491. The molecule has 0 unspecified atom stereocenters. The van der Waals surface area contributed by atoms with Crippen molar-refractivity contribution in [3.05, 3.63) is 0 Å². The van der Waals surface area contributed by atoms with Gasteiger partial charge in [-0.1, -0.05) is 0 Å². The van der Waals surface area contributed by atoms with Crippen LogP contribution in [0.15, 0.2) is 0 Å². The van der Waals surface area contributed by atoms with E-state index in [4.69, 9.17) is 10.5 Å². The molecule has 0 fully saturated rings. The number of hydrogen-bond donors (Lipinski definition) is 2. The van der Waals surface area contributed by atoms with E-state index in [-0.39, 0.29) is 0 Å². The second-order valence-electron chi connectivity index (χ2n) is 2.08. The lowest BCUT2D eigenvalue weighted by Crippen LogP contribution is -2.35. The molecule has 3 heteroatoms. The van der Waals surface area contributed by atoms with Gasteiger partial charge in [-0.3, -0.25) is 0 Å². The van der Waals surface area contributed by atoms with Gasteiger partial charge in [0.05, 0.1) is 6.61 Å². The molecule has 0 amide bonds. The fraction of sp³-hybridized carbons (Fsp3) is 1.00. The van der Waals surface area contributed by atoms with Crippen molar-refractivity contribution in [3.8, 4) is 0 Å². The van der Waals surface area contributed by atoms with E-state index in [0.717, 1.165) is 13.2 Å². The van der Waals surface area contributed by atoms with Crippen LogP contribution in [0.25, 0.3) is 0 Å². The predicted octanol–water partition coefficient (Wildman–Crippen LogP) is -0.430. The van der Waals surface area contributed by atoms with Crippen molar-refractivity contribution in [1.29, 1.82) is 0 Å². The summed E-state index contributed by atoms with van der Waals surface area (Å²) < 4.78 is 4.83. The molecule has 0 rings (SSSR count). The Bertz CT molecular complexity index is 59.0. The first-order valence-corrected chi connectivity index (χ1v) is 3.23. The monoisotopic (exact) mass is 132 g/mol. The van der Waals surface area contributed by atoms with Crippen LogP contribution in [-0.2, 0) is 4.74 Å². The summed E-state index contributed by atoms with van der Waals surface area (Å²) in [4.78, 5) is 0. The highest BCUT2D eigenvalue weighted by molar-refractivity contribution is 4.58. The minimum Gasteiger partial charge on any atom is -0.383 e. The third kappa shape index (κ3) is 5.76. The minimum atomic E-state index is 0.403. The Balaban J connectivity index is 2.88. The molecule has 0 aliphatic heterocycles. The quantitative estimate of drug-likeness (QED) is 0.499. The van der Waals surface area contributed by atoms with Crippen LogP contribution in [0.4, 0.5) is 0 Å². The molecule has 0 aliphatic carbocycles. The fourth-order valence-corrected chi connectivity index (χ4v) is 0.491. The molecule has 0 aliphatic rings. The standard InChI is InChI=1S/C6H16N2O/c1-6(5-7)8-3-4-9-2/h6,8H,3-5,7H2,1-2H3/t6-/m0/s1. The van der Waals surface area contributed by atoms with Gasteiger partial charge in [-0.2, -0.15) is 0 Å². The molecule has 56 valence electrons. The molecular formula is C6H16N2O. The van der Waals surface area contributed by atoms with E-state index in [1.807, 2.05) is 0 Å². The molecule has 9 heavy (non-hydrogen) atoms. The normalized spacial score (nSPS) is 13.7. The molecule has 0 radical (unpaired) electrons. The summed E-state index contributed by atoms with van der Waals surface area (Å²) in [6, 6.07) is 0.403. The Morgan fingerprint density at radius 1 is 1.67 bits per heavy atom. The molecule has 1 atom stereocenters. The lowest BCUT2D eigenvalue weighted by Gasteiger charge is -2.09. The number of ether oxygens (including phenoxy) is 1. The average Bonchev–Trinajstić information content (AvgIpc) is 1.89. The Kier molecular flexibility index (Phi) is 5.93. The van der Waals surface area contributed by atoms with E-state index < -0.39 is 0 Å². The molecule has 0 bridgehead atoms. The molecule has 3 nitrogen and oxygen atoms in total. The number of nitrogens with one attached hydrogen (secondary N) is 1. The number of nitrogens with two attached hydrogens (primary N) is 1. The van der Waals surface area contributed by atoms with Gasteiger partial charge in [0.15, 0.2) is 0 Å². The lowest BCUT2D eigenvalue weighted by molar-refractivity contribution is 0.196. The van der Waals surface area contributed by atoms with Crippen molar-refractivity contribution < 1.29 is 4.74 Å². The largest absolute Gasteiger partial charge is 0.383 e. The van der Waals surface area contributed by atoms with E-state index in [2.05, 4.69) is 12.2 Å². The second-order valence-corrected chi connectivity index (χ2v) is 2.08. The van der Waals surface area contributed by atoms with Crippen molar-refractivity contribution in [2.45, 2.75) is 13.0 Å². The lowest BCUT2D eigenvalue weighted by atomic mass is 10.3. The van der Waals surface area contributed by atoms with Crippen LogP contribution in [0.2, 0.25) is 0 Å². The second kappa shape index (κ2) is 6.01. The molecule has 0 aromatic heterocycles. The Morgan fingerprint density at radius 3 is 2.78 bits per heavy atom. The summed E-state index contributed by atoms with van der Waals surface area (Å²) in [6.45, 7) is 4.37. The van der Waals surface area contributed by atoms with E-state index in [1.54, 1.807) is 7.11 Å². The first-order valence-electron chi connectivity index (χ1n) is 3.23. The van der Waals surface area contributed by atoms with Crippen molar-refractivity contribution in [2.75, 3.05) is 26.8 Å². The van der Waals surface area contributed by atoms with Crippen molar-refractivity contribution >= 4 is 0 Å². The van der Waals surface area contributed by atoms with Crippen molar-refractivity contribution in [1.82, 2.24) is 5.32 Å². The first kappa shape index (κ1) is 8.88. The van der Waals surface area contributed by atoms with Gasteiger partial charge in [0, 0.05) is 26.2 Å². The number of hydrogen-bond acceptors (Lipinski definition) is 3. The summed E-state index contributed by atoms with van der Waals surface area (Å²) in [5.74, 6) is 0. The average molecular weight is 132 g/mol. The topological polar surface area (TPSA) is 47.3 Å². The highest BCUT2D eigenvalue weighted by atomic mass is 16.5. The van der Waals surface area contributed by atoms with Gasteiger partial charge in [0.2, 0.25) is 0 Å². The smallest absolute Gasteiger partial charge is 0.0587 e. The molecule has 0 spiro atoms. The Hall–Kier alpha value is -0.120. The minimum absolute atomic E-state index is 0.403. The van der Waals surface area contributed by atoms with E-state index in [9.17, 15) is 0 Å². The maximum Gasteiger partial charge on any atom is 0.0587 e. The van der Waals surface area contributed by atoms with Gasteiger partial charge in [-0.15, -0.1) is 0 Å². The molecule has 0 aromatic rings. The maximum absolute atomic E-state index is 5.35. The van der Waals surface area contributed by atoms with Gasteiger partial charge in [0.1, 0.15) is 0 Å². The van der Waals surface area contributed by atoms with Crippen molar-refractivity contribution in [2.24, 2.45) is 5.73 Å². The van der Waals surface area contributed by atoms with E-state index in [1.165, 1.54) is 0 Å². The van der Waals surface area contributed by atoms with Crippen LogP contribution >= 0.6 is 0 Å². The maximum atomic E-state index is 5.35. The Labute approximate surface area is 56.6 Å². The van der Waals surface area contributed by atoms with Gasteiger partial charge < -0.3 is 15.8 Å². The van der Waals surface area contributed by atoms with Crippen molar-refractivity contribution in [3.63, 3.8) is 0 Å². The molecular weight excluding hydrogens is 116 g/mol. The highest BCUT2D eigenvalue weighted by Gasteiger charge is 1.93. The zero-order valence-corrected chi connectivity index (χ0v) is 6.18. The van der Waals surface area contributed by atoms with Gasteiger partial charge in [0.25, 0.3) is 0 Å². The molecule has 3 N–H and O–H groups in total. The predicted molar refractivity (Wildman–Crippen MR) is 38.4 cm³/mol. The van der Waals surface area contributed by atoms with Crippen LogP contribution in [0.1, 0.15) is 6.92 Å². The SMILES string of the molecule is COCCN[C@@H](C)CN. The third-order valence-electron chi connectivity index (χ3n) is 1.15. The van der Waals surface area contributed by atoms with Crippen LogP contribution in [0, 0.1) is 0 Å². The molecule has 0 saturated heterocycles. The first-order chi connectivity index (χ1) is 4.31.